The van der Waals surface area contributed by atoms with Crippen molar-refractivity contribution in [2.24, 2.45) is 0 Å². The van der Waals surface area contributed by atoms with E-state index >= 15 is 0 Å². The van der Waals surface area contributed by atoms with Gasteiger partial charge in [0.1, 0.15) is 0 Å². The van der Waals surface area contributed by atoms with E-state index in [1.807, 2.05) is 6.07 Å². The minimum atomic E-state index is -3.44. The molecule has 0 radical (unpaired) electrons. The smallest absolute Gasteiger partial charge is 0.240 e. The van der Waals surface area contributed by atoms with Gasteiger partial charge in [0.25, 0.3) is 0 Å². The molecule has 0 spiro atoms. The van der Waals surface area contributed by atoms with Crippen LogP contribution >= 0.6 is 0 Å². The van der Waals surface area contributed by atoms with Crippen LogP contribution in [0.1, 0.15) is 18.4 Å². The second-order valence-corrected chi connectivity index (χ2v) is 6.69. The molecule has 1 aromatic carbocycles. The zero-order valence-electron chi connectivity index (χ0n) is 11.4. The monoisotopic (exact) mass is 293 g/mol. The summed E-state index contributed by atoms with van der Waals surface area (Å²) in [6, 6.07) is 8.49. The summed E-state index contributed by atoms with van der Waals surface area (Å²) in [7, 11) is -3.44. The third kappa shape index (κ3) is 4.04. The molecule has 1 heterocycles. The van der Waals surface area contributed by atoms with Crippen LogP contribution in [-0.4, -0.2) is 39.5 Å². The zero-order chi connectivity index (χ0) is 14.4. The molecule has 1 aliphatic rings. The van der Waals surface area contributed by atoms with Crippen LogP contribution in [-0.2, 0) is 16.4 Å². The fourth-order valence-corrected chi connectivity index (χ4v) is 3.33. The van der Waals surface area contributed by atoms with Crippen LogP contribution in [0.3, 0.4) is 0 Å². The summed E-state index contributed by atoms with van der Waals surface area (Å²) in [6.07, 6.45) is 2.70. The van der Waals surface area contributed by atoms with Crippen molar-refractivity contribution in [3.63, 3.8) is 0 Å². The molecule has 0 aromatic heterocycles. The topological polar surface area (TPSA) is 73.2 Å². The largest absolute Gasteiger partial charge is 0.302 e. The molecule has 1 aromatic rings. The Morgan fingerprint density at radius 1 is 1.20 bits per heavy atom. The van der Waals surface area contributed by atoms with Gasteiger partial charge >= 0.3 is 0 Å². The van der Waals surface area contributed by atoms with E-state index in [1.54, 1.807) is 24.3 Å². The molecule has 0 aliphatic carbocycles. The minimum absolute atomic E-state index is 0.251. The molecule has 0 bridgehead atoms. The van der Waals surface area contributed by atoms with E-state index in [-0.39, 0.29) is 4.90 Å². The van der Waals surface area contributed by atoms with Gasteiger partial charge in [-0.15, -0.1) is 0 Å². The van der Waals surface area contributed by atoms with E-state index in [1.165, 1.54) is 12.8 Å². The van der Waals surface area contributed by atoms with Crippen LogP contribution in [0.4, 0.5) is 0 Å². The molecule has 6 heteroatoms. The Morgan fingerprint density at radius 2 is 1.85 bits per heavy atom. The molecule has 0 unspecified atom stereocenters. The average molecular weight is 293 g/mol. The normalized spacial score (nSPS) is 16.1. The molecule has 108 valence electrons. The molecular formula is C14H19N3O2S. The minimum Gasteiger partial charge on any atom is -0.302 e. The number of nitrogens with zero attached hydrogens (tertiary/aromatic N) is 2. The lowest BCUT2D eigenvalue weighted by atomic mass is 10.2. The quantitative estimate of drug-likeness (QED) is 0.853. The van der Waals surface area contributed by atoms with Crippen LogP contribution < -0.4 is 4.72 Å². The van der Waals surface area contributed by atoms with Gasteiger partial charge in [-0.2, -0.15) is 5.26 Å². The molecule has 0 atom stereocenters. The average Bonchev–Trinajstić information content (AvgIpc) is 2.93. The van der Waals surface area contributed by atoms with Crippen molar-refractivity contribution >= 4 is 10.0 Å². The predicted molar refractivity (Wildman–Crippen MR) is 76.6 cm³/mol. The van der Waals surface area contributed by atoms with Gasteiger partial charge in [-0.05, 0) is 43.6 Å². The highest BCUT2D eigenvalue weighted by molar-refractivity contribution is 7.89. The summed E-state index contributed by atoms with van der Waals surface area (Å²) in [5, 5.41) is 8.58. The molecule has 1 saturated heterocycles. The lowest BCUT2D eigenvalue weighted by Gasteiger charge is -2.14. The Labute approximate surface area is 120 Å². The first-order valence-corrected chi connectivity index (χ1v) is 8.28. The van der Waals surface area contributed by atoms with Gasteiger partial charge in [-0.25, -0.2) is 13.1 Å². The number of nitrogens with one attached hydrogen (secondary N) is 1. The SMILES string of the molecule is N#CCc1ccc(S(=O)(=O)NCCN2CCCC2)cc1. The van der Waals surface area contributed by atoms with Gasteiger partial charge in [-0.3, -0.25) is 0 Å². The number of sulfonamides is 1. The maximum atomic E-state index is 12.1. The fraction of sp³-hybridized carbons (Fsp3) is 0.500. The summed E-state index contributed by atoms with van der Waals surface area (Å²) in [5.74, 6) is 0. The van der Waals surface area contributed by atoms with Crippen molar-refractivity contribution in [1.82, 2.24) is 9.62 Å². The maximum Gasteiger partial charge on any atom is 0.240 e. The number of rotatable bonds is 6. The Kier molecular flexibility index (Phi) is 5.12. The molecular weight excluding hydrogens is 274 g/mol. The van der Waals surface area contributed by atoms with Crippen molar-refractivity contribution < 1.29 is 8.42 Å². The van der Waals surface area contributed by atoms with E-state index in [0.717, 1.165) is 25.2 Å². The van der Waals surface area contributed by atoms with Gasteiger partial charge in [-0.1, -0.05) is 12.1 Å². The summed E-state index contributed by atoms with van der Waals surface area (Å²) in [6.45, 7) is 3.31. The predicted octanol–water partition coefficient (Wildman–Crippen LogP) is 1.13. The molecule has 0 saturated carbocycles. The van der Waals surface area contributed by atoms with Gasteiger partial charge < -0.3 is 4.90 Å². The Morgan fingerprint density at radius 3 is 2.45 bits per heavy atom. The van der Waals surface area contributed by atoms with E-state index in [4.69, 9.17) is 5.26 Å². The zero-order valence-corrected chi connectivity index (χ0v) is 12.2. The van der Waals surface area contributed by atoms with Crippen LogP contribution in [0.5, 0.6) is 0 Å². The van der Waals surface area contributed by atoms with Crippen LogP contribution in [0.2, 0.25) is 0 Å². The van der Waals surface area contributed by atoms with Gasteiger partial charge in [0.2, 0.25) is 10.0 Å². The van der Waals surface area contributed by atoms with E-state index in [0.29, 0.717) is 13.0 Å². The van der Waals surface area contributed by atoms with Gasteiger partial charge in [0, 0.05) is 13.1 Å². The first-order chi connectivity index (χ1) is 9.62. The highest BCUT2D eigenvalue weighted by atomic mass is 32.2. The van der Waals surface area contributed by atoms with Crippen LogP contribution in [0, 0.1) is 11.3 Å². The first kappa shape index (κ1) is 15.0. The van der Waals surface area contributed by atoms with Gasteiger partial charge in [0.05, 0.1) is 17.4 Å². The third-order valence-electron chi connectivity index (χ3n) is 3.44. The lowest BCUT2D eigenvalue weighted by Crippen LogP contribution is -2.33. The third-order valence-corrected chi connectivity index (χ3v) is 4.91. The summed E-state index contributed by atoms with van der Waals surface area (Å²) >= 11 is 0. The molecule has 1 aliphatic heterocycles. The second-order valence-electron chi connectivity index (χ2n) is 4.93. The number of likely N-dealkylation sites (tertiary alicyclic amines) is 1. The standard InChI is InChI=1S/C14H19N3O2S/c15-8-7-13-3-5-14(6-4-13)20(18,19)16-9-12-17-10-1-2-11-17/h3-6,16H,1-2,7,9-12H2. The fourth-order valence-electron chi connectivity index (χ4n) is 2.31. The van der Waals surface area contributed by atoms with Crippen molar-refractivity contribution in [2.75, 3.05) is 26.2 Å². The van der Waals surface area contributed by atoms with Crippen molar-refractivity contribution in [1.29, 1.82) is 5.26 Å². The summed E-state index contributed by atoms with van der Waals surface area (Å²) in [5.41, 5.74) is 0.823. The second kappa shape index (κ2) is 6.84. The first-order valence-electron chi connectivity index (χ1n) is 6.80. The summed E-state index contributed by atoms with van der Waals surface area (Å²) in [4.78, 5) is 2.51. The molecule has 1 fully saturated rings. The molecule has 1 N–H and O–H groups in total. The summed E-state index contributed by atoms with van der Waals surface area (Å²) < 4.78 is 26.8. The molecule has 20 heavy (non-hydrogen) atoms. The number of hydrogen-bond donors (Lipinski definition) is 1. The number of benzene rings is 1. The lowest BCUT2D eigenvalue weighted by molar-refractivity contribution is 0.344. The number of nitriles is 1. The van der Waals surface area contributed by atoms with E-state index in [9.17, 15) is 8.42 Å². The highest BCUT2D eigenvalue weighted by Gasteiger charge is 2.15. The van der Waals surface area contributed by atoms with Crippen molar-refractivity contribution in [3.05, 3.63) is 29.8 Å². The highest BCUT2D eigenvalue weighted by Crippen LogP contribution is 2.11. The maximum absolute atomic E-state index is 12.1. The van der Waals surface area contributed by atoms with Crippen molar-refractivity contribution in [2.45, 2.75) is 24.2 Å². The molecule has 2 rings (SSSR count). The molecule has 0 amide bonds. The van der Waals surface area contributed by atoms with Gasteiger partial charge in [0.15, 0.2) is 0 Å². The Balaban J connectivity index is 1.90. The molecule has 5 nitrogen and oxygen atoms in total. The van der Waals surface area contributed by atoms with Crippen LogP contribution in [0.15, 0.2) is 29.2 Å². The number of hydrogen-bond acceptors (Lipinski definition) is 4. The Hall–Kier alpha value is -1.42. The van der Waals surface area contributed by atoms with E-state index < -0.39 is 10.0 Å². The van der Waals surface area contributed by atoms with E-state index in [2.05, 4.69) is 9.62 Å². The van der Waals surface area contributed by atoms with Crippen molar-refractivity contribution in [3.8, 4) is 6.07 Å². The van der Waals surface area contributed by atoms with Crippen LogP contribution in [0.25, 0.3) is 0 Å². The Bertz CT molecular complexity index is 569.